The van der Waals surface area contributed by atoms with Crippen LogP contribution in [0.3, 0.4) is 0 Å². The van der Waals surface area contributed by atoms with E-state index in [1.54, 1.807) is 29.2 Å². The maximum atomic E-state index is 12.3. The third kappa shape index (κ3) is 3.18. The Balaban J connectivity index is 1.85. The van der Waals surface area contributed by atoms with Gasteiger partial charge in [0, 0.05) is 12.5 Å². The number of carboxylic acids is 1. The molecule has 0 bridgehead atoms. The summed E-state index contributed by atoms with van der Waals surface area (Å²) in [6.45, 7) is 1.85. The number of para-hydroxylation sites is 1. The average Bonchev–Trinajstić information content (AvgIpc) is 2.69. The number of carbonyl (C=O) groups excluding carboxylic acids is 1. The van der Waals surface area contributed by atoms with E-state index >= 15 is 0 Å². The van der Waals surface area contributed by atoms with Crippen molar-refractivity contribution in [1.82, 2.24) is 4.98 Å². The number of aromatic carboxylic acids is 1. The molecule has 1 aromatic heterocycles. The number of carboxylic acid groups (broad SMARTS) is 1. The van der Waals surface area contributed by atoms with E-state index in [0.29, 0.717) is 17.8 Å². The monoisotopic (exact) mass is 370 g/mol. The minimum Gasteiger partial charge on any atom is -0.478 e. The first-order valence-corrected chi connectivity index (χ1v) is 8.92. The van der Waals surface area contributed by atoms with Crippen molar-refractivity contribution in [2.24, 2.45) is 0 Å². The number of fused-ring (bicyclic) bond motifs is 2. The van der Waals surface area contributed by atoms with Gasteiger partial charge >= 0.3 is 5.97 Å². The number of amides is 1. The Morgan fingerprint density at radius 2 is 1.64 bits per heavy atom. The number of benzene rings is 2. The van der Waals surface area contributed by atoms with Gasteiger partial charge in [0.25, 0.3) is 0 Å². The average molecular weight is 370 g/mol. The quantitative estimate of drug-likeness (QED) is 0.722. The van der Waals surface area contributed by atoms with Crippen molar-refractivity contribution in [2.45, 2.75) is 13.5 Å². The third-order valence-corrected chi connectivity index (χ3v) is 4.80. The topological polar surface area (TPSA) is 70.5 Å². The van der Waals surface area contributed by atoms with Gasteiger partial charge in [0.1, 0.15) is 0 Å². The lowest BCUT2D eigenvalue weighted by Gasteiger charge is -2.25. The van der Waals surface area contributed by atoms with E-state index in [0.717, 1.165) is 22.5 Å². The van der Waals surface area contributed by atoms with Crippen molar-refractivity contribution < 1.29 is 14.7 Å². The number of hydrogen-bond donors (Lipinski definition) is 1. The molecule has 1 N–H and O–H groups in total. The van der Waals surface area contributed by atoms with Gasteiger partial charge in [0.2, 0.25) is 5.91 Å². The number of anilines is 1. The fourth-order valence-electron chi connectivity index (χ4n) is 3.40. The number of nitrogens with zero attached hydrogens (tertiary/aromatic N) is 2. The van der Waals surface area contributed by atoms with Gasteiger partial charge in [-0.3, -0.25) is 9.78 Å². The van der Waals surface area contributed by atoms with Gasteiger partial charge in [0.05, 0.1) is 29.2 Å². The second-order valence-electron chi connectivity index (χ2n) is 6.58. The number of hydrogen-bond acceptors (Lipinski definition) is 3. The smallest absolute Gasteiger partial charge is 0.336 e. The molecule has 0 spiro atoms. The van der Waals surface area contributed by atoms with Gasteiger partial charge in [-0.1, -0.05) is 54.6 Å². The molecule has 0 fully saturated rings. The van der Waals surface area contributed by atoms with Crippen LogP contribution in [0, 0.1) is 0 Å². The Morgan fingerprint density at radius 1 is 0.929 bits per heavy atom. The van der Waals surface area contributed by atoms with Crippen molar-refractivity contribution in [3.8, 4) is 11.3 Å². The molecule has 1 amide bonds. The molecule has 1 aliphatic heterocycles. The van der Waals surface area contributed by atoms with Gasteiger partial charge < -0.3 is 10.0 Å². The molecule has 28 heavy (non-hydrogen) atoms. The molecular formula is C23H18N2O3. The molecule has 0 aliphatic carbocycles. The second-order valence-corrected chi connectivity index (χ2v) is 6.58. The van der Waals surface area contributed by atoms with E-state index in [-0.39, 0.29) is 11.5 Å². The van der Waals surface area contributed by atoms with Crippen LogP contribution in [0.1, 0.15) is 34.1 Å². The highest BCUT2D eigenvalue weighted by molar-refractivity contribution is 5.96. The fourth-order valence-corrected chi connectivity index (χ4v) is 3.40. The van der Waals surface area contributed by atoms with E-state index in [9.17, 15) is 14.7 Å². The molecule has 0 unspecified atom stereocenters. The maximum absolute atomic E-state index is 12.3. The molecule has 0 saturated carbocycles. The maximum Gasteiger partial charge on any atom is 0.336 e. The van der Waals surface area contributed by atoms with Crippen LogP contribution in [0.4, 0.5) is 5.69 Å². The molecule has 0 atom stereocenters. The molecular weight excluding hydrogens is 352 g/mol. The summed E-state index contributed by atoms with van der Waals surface area (Å²) in [6, 6.07) is 18.2. The zero-order valence-electron chi connectivity index (χ0n) is 15.3. The zero-order valence-corrected chi connectivity index (χ0v) is 15.3. The molecule has 1 aliphatic rings. The lowest BCUT2D eigenvalue weighted by Crippen LogP contribution is -2.29. The summed E-state index contributed by atoms with van der Waals surface area (Å²) < 4.78 is 0. The molecule has 0 saturated heterocycles. The molecule has 138 valence electrons. The van der Waals surface area contributed by atoms with Gasteiger partial charge in [-0.2, -0.15) is 0 Å². The number of aromatic nitrogens is 1. The summed E-state index contributed by atoms with van der Waals surface area (Å²) in [5.41, 5.74) is 4.74. The van der Waals surface area contributed by atoms with Crippen molar-refractivity contribution in [1.29, 1.82) is 0 Å². The second kappa shape index (κ2) is 7.12. The highest BCUT2D eigenvalue weighted by Gasteiger charge is 2.20. The molecule has 2 heterocycles. The Morgan fingerprint density at radius 3 is 2.43 bits per heavy atom. The molecule has 0 radical (unpaired) electrons. The van der Waals surface area contributed by atoms with Crippen molar-refractivity contribution in [3.63, 3.8) is 0 Å². The first-order valence-electron chi connectivity index (χ1n) is 8.92. The van der Waals surface area contributed by atoms with Gasteiger partial charge in [-0.15, -0.1) is 0 Å². The lowest BCUT2D eigenvalue weighted by molar-refractivity contribution is -0.116. The predicted octanol–water partition coefficient (Wildman–Crippen LogP) is 4.48. The Kier molecular flexibility index (Phi) is 4.49. The summed E-state index contributed by atoms with van der Waals surface area (Å²) >= 11 is 0. The summed E-state index contributed by atoms with van der Waals surface area (Å²) in [7, 11) is 0. The first kappa shape index (κ1) is 17.7. The summed E-state index contributed by atoms with van der Waals surface area (Å²) in [5, 5.41) is 9.48. The zero-order chi connectivity index (χ0) is 19.7. The van der Waals surface area contributed by atoms with Crippen molar-refractivity contribution in [3.05, 3.63) is 83.0 Å². The van der Waals surface area contributed by atoms with Crippen LogP contribution < -0.4 is 4.90 Å². The van der Waals surface area contributed by atoms with Crippen LogP contribution in [0.5, 0.6) is 0 Å². The predicted molar refractivity (Wildman–Crippen MR) is 109 cm³/mol. The molecule has 4 rings (SSSR count). The SMILES string of the molecule is CC(=O)N1Cc2nc(-c3ccccc3C(=O)O)ccc2/C=C\c2ccccc21. The fraction of sp³-hybridized carbons (Fsp3) is 0.0870. The minimum absolute atomic E-state index is 0.0770. The Bertz CT molecular complexity index is 1120. The highest BCUT2D eigenvalue weighted by atomic mass is 16.4. The molecule has 3 aromatic rings. The highest BCUT2D eigenvalue weighted by Crippen LogP contribution is 2.30. The van der Waals surface area contributed by atoms with E-state index in [2.05, 4.69) is 0 Å². The Hall–Kier alpha value is -3.73. The molecule has 5 nitrogen and oxygen atoms in total. The molecule has 2 aromatic carbocycles. The lowest BCUT2D eigenvalue weighted by atomic mass is 10.0. The van der Waals surface area contributed by atoms with Crippen LogP contribution in [-0.4, -0.2) is 22.0 Å². The summed E-state index contributed by atoms with van der Waals surface area (Å²) in [6.07, 6.45) is 3.95. The van der Waals surface area contributed by atoms with Gasteiger partial charge in [-0.25, -0.2) is 4.79 Å². The van der Waals surface area contributed by atoms with Crippen LogP contribution in [-0.2, 0) is 11.3 Å². The molecule has 5 heteroatoms. The number of rotatable bonds is 2. The van der Waals surface area contributed by atoms with Crippen LogP contribution in [0.15, 0.2) is 60.7 Å². The van der Waals surface area contributed by atoms with Gasteiger partial charge in [-0.05, 0) is 29.3 Å². The van der Waals surface area contributed by atoms with E-state index < -0.39 is 5.97 Å². The standard InChI is InChI=1S/C23H18N2O3/c1-15(26)25-14-21-16(10-11-17-6-2-5-9-22(17)25)12-13-20(24-21)18-7-3-4-8-19(18)23(27)28/h2-13H,14H2,1H3,(H,27,28)/b11-10-. The minimum atomic E-state index is -0.997. The van der Waals surface area contributed by atoms with Crippen molar-refractivity contribution >= 4 is 29.7 Å². The Labute approximate surface area is 162 Å². The third-order valence-electron chi connectivity index (χ3n) is 4.80. The van der Waals surface area contributed by atoms with Crippen LogP contribution in [0.2, 0.25) is 0 Å². The van der Waals surface area contributed by atoms with Crippen molar-refractivity contribution in [2.75, 3.05) is 4.90 Å². The number of pyridine rings is 1. The summed E-state index contributed by atoms with van der Waals surface area (Å²) in [4.78, 5) is 30.3. The van der Waals surface area contributed by atoms with E-state index in [4.69, 9.17) is 4.98 Å². The van der Waals surface area contributed by atoms with Crippen LogP contribution >= 0.6 is 0 Å². The largest absolute Gasteiger partial charge is 0.478 e. The summed E-state index contributed by atoms with van der Waals surface area (Å²) in [5.74, 6) is -1.07. The normalized spacial score (nSPS) is 13.7. The van der Waals surface area contributed by atoms with E-state index in [1.165, 1.54) is 6.92 Å². The number of carbonyl (C=O) groups is 2. The van der Waals surface area contributed by atoms with Gasteiger partial charge in [0.15, 0.2) is 0 Å². The van der Waals surface area contributed by atoms with Crippen LogP contribution in [0.25, 0.3) is 23.4 Å². The van der Waals surface area contributed by atoms with E-state index in [1.807, 2.05) is 48.6 Å². The first-order chi connectivity index (χ1) is 13.5.